The van der Waals surface area contributed by atoms with Crippen molar-refractivity contribution in [1.29, 1.82) is 0 Å². The van der Waals surface area contributed by atoms with Crippen molar-refractivity contribution in [3.8, 4) is 0 Å². The van der Waals surface area contributed by atoms with Gasteiger partial charge in [0.05, 0.1) is 0 Å². The first-order valence-electron chi connectivity index (χ1n) is 36.1. The SMILES string of the molecule is CCCCC/C=C\C/C=C\CCCCCCCC(=O)OCC(COC(=O)CCCCCCCCCCCCCC/C=C\C/C=C\C/C=C\CCCCCCC)OC(=O)CCCCCCCCCCCCC/C=C\C/C=C\CCCCCCC. The van der Waals surface area contributed by atoms with E-state index in [9.17, 15) is 14.4 Å². The summed E-state index contributed by atoms with van der Waals surface area (Å²) in [5.74, 6) is -0.881. The van der Waals surface area contributed by atoms with Crippen LogP contribution in [0.2, 0.25) is 0 Å². The van der Waals surface area contributed by atoms with E-state index in [1.807, 2.05) is 0 Å². The van der Waals surface area contributed by atoms with Gasteiger partial charge in [-0.3, -0.25) is 14.4 Å². The molecule has 1 atom stereocenters. The predicted molar refractivity (Wildman–Crippen MR) is 362 cm³/mol. The molecule has 6 heteroatoms. The van der Waals surface area contributed by atoms with Crippen molar-refractivity contribution < 1.29 is 28.6 Å². The molecule has 0 rings (SSSR count). The molecular formula is C77H136O6. The average molecular weight is 1160 g/mol. The van der Waals surface area contributed by atoms with Gasteiger partial charge in [-0.2, -0.15) is 0 Å². The summed E-state index contributed by atoms with van der Waals surface area (Å²) >= 11 is 0. The number of carbonyl (C=O) groups excluding carboxylic acids is 3. The summed E-state index contributed by atoms with van der Waals surface area (Å²) in [5, 5.41) is 0. The lowest BCUT2D eigenvalue weighted by Crippen LogP contribution is -2.30. The van der Waals surface area contributed by atoms with Crippen LogP contribution in [0.1, 0.15) is 367 Å². The first-order chi connectivity index (χ1) is 41.0. The number of carbonyl (C=O) groups is 3. The molecular weight excluding hydrogens is 1020 g/mol. The summed E-state index contributed by atoms with van der Waals surface area (Å²) in [6, 6.07) is 0. The molecule has 0 aromatic carbocycles. The van der Waals surface area contributed by atoms with Gasteiger partial charge in [0.15, 0.2) is 6.10 Å². The minimum absolute atomic E-state index is 0.0809. The normalized spacial score (nSPS) is 12.6. The zero-order valence-electron chi connectivity index (χ0n) is 55.2. The van der Waals surface area contributed by atoms with E-state index in [0.717, 1.165) is 96.3 Å². The highest BCUT2D eigenvalue weighted by Gasteiger charge is 2.19. The molecule has 0 radical (unpaired) electrons. The molecule has 6 nitrogen and oxygen atoms in total. The summed E-state index contributed by atoms with van der Waals surface area (Å²) in [7, 11) is 0. The highest BCUT2D eigenvalue weighted by molar-refractivity contribution is 5.71. The lowest BCUT2D eigenvalue weighted by molar-refractivity contribution is -0.167. The number of esters is 3. The summed E-state index contributed by atoms with van der Waals surface area (Å²) < 4.78 is 17.0. The third kappa shape index (κ3) is 69.3. The minimum atomic E-state index is -0.787. The van der Waals surface area contributed by atoms with Gasteiger partial charge in [-0.1, -0.05) is 311 Å². The van der Waals surface area contributed by atoms with Crippen molar-refractivity contribution in [2.75, 3.05) is 13.2 Å². The Morgan fingerprint density at radius 2 is 0.434 bits per heavy atom. The molecule has 0 amide bonds. The van der Waals surface area contributed by atoms with Gasteiger partial charge in [-0.05, 0) is 122 Å². The van der Waals surface area contributed by atoms with E-state index in [-0.39, 0.29) is 31.1 Å². The average Bonchev–Trinajstić information content (AvgIpc) is 3.49. The van der Waals surface area contributed by atoms with Crippen LogP contribution in [0.3, 0.4) is 0 Å². The van der Waals surface area contributed by atoms with Crippen molar-refractivity contribution in [1.82, 2.24) is 0 Å². The van der Waals surface area contributed by atoms with Gasteiger partial charge >= 0.3 is 17.9 Å². The van der Waals surface area contributed by atoms with E-state index >= 15 is 0 Å². The summed E-state index contributed by atoms with van der Waals surface area (Å²) in [6.45, 7) is 6.62. The van der Waals surface area contributed by atoms with Crippen LogP contribution in [0.5, 0.6) is 0 Å². The number of rotatable bonds is 66. The highest BCUT2D eigenvalue weighted by Crippen LogP contribution is 2.17. The van der Waals surface area contributed by atoms with E-state index in [0.29, 0.717) is 19.3 Å². The molecule has 0 fully saturated rings. The molecule has 0 aliphatic rings. The molecule has 0 aromatic rings. The maximum atomic E-state index is 13.0. The Balaban J connectivity index is 4.32. The molecule has 0 aromatic heterocycles. The number of hydrogen-bond acceptors (Lipinski definition) is 6. The molecule has 0 saturated heterocycles. The molecule has 0 saturated carbocycles. The van der Waals surface area contributed by atoms with E-state index in [2.05, 4.69) is 106 Å². The van der Waals surface area contributed by atoms with Gasteiger partial charge in [0, 0.05) is 19.3 Å². The van der Waals surface area contributed by atoms with Crippen LogP contribution in [-0.2, 0) is 28.6 Å². The molecule has 0 heterocycles. The number of ether oxygens (including phenoxy) is 3. The Morgan fingerprint density at radius 1 is 0.241 bits per heavy atom. The Labute approximate surface area is 515 Å². The minimum Gasteiger partial charge on any atom is -0.462 e. The lowest BCUT2D eigenvalue weighted by atomic mass is 10.0. The van der Waals surface area contributed by atoms with Gasteiger partial charge < -0.3 is 14.2 Å². The van der Waals surface area contributed by atoms with Gasteiger partial charge in [-0.15, -0.1) is 0 Å². The van der Waals surface area contributed by atoms with Crippen LogP contribution in [0.15, 0.2) is 85.1 Å². The van der Waals surface area contributed by atoms with Crippen LogP contribution in [0.4, 0.5) is 0 Å². The summed E-state index contributed by atoms with van der Waals surface area (Å²) in [5.41, 5.74) is 0. The molecule has 0 N–H and O–H groups in total. The van der Waals surface area contributed by atoms with Gasteiger partial charge in [0.2, 0.25) is 0 Å². The van der Waals surface area contributed by atoms with Crippen LogP contribution < -0.4 is 0 Å². The monoisotopic (exact) mass is 1160 g/mol. The largest absolute Gasteiger partial charge is 0.462 e. The number of allylic oxidation sites excluding steroid dienone is 14. The van der Waals surface area contributed by atoms with E-state index < -0.39 is 6.10 Å². The summed E-state index contributed by atoms with van der Waals surface area (Å²) in [4.78, 5) is 38.5. The maximum absolute atomic E-state index is 13.0. The van der Waals surface area contributed by atoms with Gasteiger partial charge in [0.25, 0.3) is 0 Å². The smallest absolute Gasteiger partial charge is 0.306 e. The van der Waals surface area contributed by atoms with Crippen molar-refractivity contribution in [2.24, 2.45) is 0 Å². The fourth-order valence-electron chi connectivity index (χ4n) is 10.4. The fourth-order valence-corrected chi connectivity index (χ4v) is 10.4. The van der Waals surface area contributed by atoms with Crippen LogP contribution in [0, 0.1) is 0 Å². The van der Waals surface area contributed by atoms with Crippen molar-refractivity contribution >= 4 is 17.9 Å². The third-order valence-corrected chi connectivity index (χ3v) is 15.8. The van der Waals surface area contributed by atoms with E-state index in [1.165, 1.54) is 231 Å². The molecule has 1 unspecified atom stereocenters. The number of hydrogen-bond donors (Lipinski definition) is 0. The quantitative estimate of drug-likeness (QED) is 0.0261. The molecule has 0 bridgehead atoms. The second-order valence-electron chi connectivity index (χ2n) is 24.1. The summed E-state index contributed by atoms with van der Waals surface area (Å²) in [6.07, 6.45) is 94.6. The Kier molecular flexibility index (Phi) is 68.2. The fraction of sp³-hybridized carbons (Fsp3) is 0.779. The van der Waals surface area contributed by atoms with Crippen LogP contribution in [-0.4, -0.2) is 37.2 Å². The van der Waals surface area contributed by atoms with Crippen molar-refractivity contribution in [3.63, 3.8) is 0 Å². The zero-order chi connectivity index (χ0) is 59.9. The Morgan fingerprint density at radius 3 is 0.699 bits per heavy atom. The van der Waals surface area contributed by atoms with Crippen molar-refractivity contribution in [3.05, 3.63) is 85.1 Å². The molecule has 0 aliphatic heterocycles. The first-order valence-corrected chi connectivity index (χ1v) is 36.1. The highest BCUT2D eigenvalue weighted by atomic mass is 16.6. The second-order valence-corrected chi connectivity index (χ2v) is 24.1. The maximum Gasteiger partial charge on any atom is 0.306 e. The Bertz CT molecular complexity index is 1570. The molecule has 480 valence electrons. The topological polar surface area (TPSA) is 78.9 Å². The third-order valence-electron chi connectivity index (χ3n) is 15.8. The number of unbranched alkanes of at least 4 members (excludes halogenated alkanes) is 41. The second kappa shape index (κ2) is 71.1. The predicted octanol–water partition coefficient (Wildman–Crippen LogP) is 25.0. The Hall–Kier alpha value is -3.41. The molecule has 0 spiro atoms. The first kappa shape index (κ1) is 79.6. The van der Waals surface area contributed by atoms with E-state index in [1.54, 1.807) is 0 Å². The van der Waals surface area contributed by atoms with Crippen molar-refractivity contribution in [2.45, 2.75) is 374 Å². The van der Waals surface area contributed by atoms with E-state index in [4.69, 9.17) is 14.2 Å². The zero-order valence-corrected chi connectivity index (χ0v) is 55.2. The lowest BCUT2D eigenvalue weighted by Gasteiger charge is -2.18. The van der Waals surface area contributed by atoms with Crippen LogP contribution in [0.25, 0.3) is 0 Å². The molecule has 0 aliphatic carbocycles. The molecule has 83 heavy (non-hydrogen) atoms. The standard InChI is InChI=1S/C77H136O6/c1-4-7-10-13-16-19-22-25-28-30-32-34-36-37-38-39-41-42-44-46-49-52-55-58-61-64-67-70-76(79)82-73-74(72-81-75(78)69-66-63-60-57-54-51-48-27-24-21-18-15-12-9-6-3)83-77(80)71-68-65-62-59-56-53-50-47-45-43-40-35-33-31-29-26-23-20-17-14-11-8-5-2/h18,21-23,25-27,30-33,36-37,48,74H,4-17,19-20,24,28-29,34-35,38-47,49-73H2,1-3H3/b21-18-,25-22-,26-23-,32-30-,33-31-,37-36-,48-27-. The van der Waals surface area contributed by atoms with Gasteiger partial charge in [0.1, 0.15) is 13.2 Å². The van der Waals surface area contributed by atoms with Crippen LogP contribution >= 0.6 is 0 Å². The van der Waals surface area contributed by atoms with Gasteiger partial charge in [-0.25, -0.2) is 0 Å².